The molecule has 19 heavy (non-hydrogen) atoms. The molecule has 0 unspecified atom stereocenters. The van der Waals surface area contributed by atoms with Crippen LogP contribution in [0.5, 0.6) is 11.5 Å². The van der Waals surface area contributed by atoms with Gasteiger partial charge in [-0.3, -0.25) is 0 Å². The molecule has 0 amide bonds. The minimum atomic E-state index is 0.698. The molecule has 1 rings (SSSR count). The largest absolute Gasteiger partial charge is 0.493 e. The van der Waals surface area contributed by atoms with Crippen molar-refractivity contribution < 1.29 is 9.47 Å². The maximum atomic E-state index is 5.85. The lowest BCUT2D eigenvalue weighted by Gasteiger charge is -2.10. The van der Waals surface area contributed by atoms with Gasteiger partial charge in [0.25, 0.3) is 0 Å². The van der Waals surface area contributed by atoms with Gasteiger partial charge in [-0.1, -0.05) is 44.9 Å². The molecule has 106 valence electrons. The molecule has 0 bridgehead atoms. The van der Waals surface area contributed by atoms with Crippen LogP contribution in [0.3, 0.4) is 0 Å². The zero-order valence-corrected chi connectivity index (χ0v) is 12.6. The van der Waals surface area contributed by atoms with Crippen LogP contribution in [0, 0.1) is 0 Å². The van der Waals surface area contributed by atoms with E-state index in [0.717, 1.165) is 47.6 Å². The second-order valence-corrected chi connectivity index (χ2v) is 4.73. The van der Waals surface area contributed by atoms with Gasteiger partial charge in [0.05, 0.1) is 13.2 Å². The van der Waals surface area contributed by atoms with Crippen LogP contribution in [-0.2, 0) is 0 Å². The molecule has 0 atom stereocenters. The molecule has 0 aliphatic carbocycles. The average molecular weight is 283 g/mol. The summed E-state index contributed by atoms with van der Waals surface area (Å²) in [5.74, 6) is 1.56. The fraction of sp³-hybridized carbons (Fsp3) is 0.500. The Morgan fingerprint density at radius 3 is 2.16 bits per heavy atom. The van der Waals surface area contributed by atoms with Crippen LogP contribution in [0.2, 0.25) is 0 Å². The Morgan fingerprint density at radius 1 is 1.05 bits per heavy atom. The lowest BCUT2D eigenvalue weighted by molar-refractivity contribution is 0.297. The summed E-state index contributed by atoms with van der Waals surface area (Å²) in [6, 6.07) is 3.79. The smallest absolute Gasteiger partial charge is 0.128 e. The number of hydrogen-bond acceptors (Lipinski definition) is 2. The Labute approximate surface area is 120 Å². The van der Waals surface area contributed by atoms with E-state index in [1.54, 1.807) is 0 Å². The number of ether oxygens (including phenoxy) is 2. The van der Waals surface area contributed by atoms with Crippen molar-refractivity contribution in [2.24, 2.45) is 0 Å². The molecule has 1 aromatic rings. The summed E-state index contributed by atoms with van der Waals surface area (Å²) in [6.07, 6.45) is 4.28. The van der Waals surface area contributed by atoms with Crippen molar-refractivity contribution in [3.05, 3.63) is 22.6 Å². The summed E-state index contributed by atoms with van der Waals surface area (Å²) >= 11 is 5.85. The zero-order valence-electron chi connectivity index (χ0n) is 11.9. The van der Waals surface area contributed by atoms with Crippen LogP contribution < -0.4 is 19.9 Å². The summed E-state index contributed by atoms with van der Waals surface area (Å²) in [5, 5.41) is 1.68. The highest BCUT2D eigenvalue weighted by Gasteiger charge is 2.02. The highest BCUT2D eigenvalue weighted by Crippen LogP contribution is 2.08. The van der Waals surface area contributed by atoms with Crippen LogP contribution in [-0.4, -0.2) is 13.2 Å². The van der Waals surface area contributed by atoms with E-state index in [4.69, 9.17) is 21.1 Å². The fourth-order valence-electron chi connectivity index (χ4n) is 1.62. The molecule has 0 N–H and O–H groups in total. The van der Waals surface area contributed by atoms with Gasteiger partial charge >= 0.3 is 0 Å². The quantitative estimate of drug-likeness (QED) is 0.680. The molecule has 0 saturated heterocycles. The van der Waals surface area contributed by atoms with Crippen LogP contribution >= 0.6 is 11.6 Å². The molecule has 0 radical (unpaired) electrons. The first-order valence-corrected chi connectivity index (χ1v) is 7.35. The number of unbranched alkanes of at least 4 members (excludes halogenated alkanes) is 2. The van der Waals surface area contributed by atoms with Gasteiger partial charge in [0.15, 0.2) is 0 Å². The molecule has 0 aliphatic heterocycles. The Hall–Kier alpha value is -1.15. The molecule has 1 aromatic carbocycles. The van der Waals surface area contributed by atoms with Crippen LogP contribution in [0.25, 0.3) is 12.1 Å². The van der Waals surface area contributed by atoms with Crippen molar-refractivity contribution in [1.29, 1.82) is 0 Å². The topological polar surface area (TPSA) is 18.5 Å². The van der Waals surface area contributed by atoms with Gasteiger partial charge in [-0.05, 0) is 25.0 Å². The van der Waals surface area contributed by atoms with Gasteiger partial charge in [0, 0.05) is 16.0 Å². The normalized spacial score (nSPS) is 11.6. The molecule has 2 nitrogen and oxygen atoms in total. The SMILES string of the molecule is C=c1cc(OCCCC)/c(=C\Cl)cc1OCCCC. The van der Waals surface area contributed by atoms with Gasteiger partial charge in [-0.25, -0.2) is 0 Å². The van der Waals surface area contributed by atoms with E-state index in [1.165, 1.54) is 5.54 Å². The Bertz CT molecular complexity index is 482. The third-order valence-electron chi connectivity index (χ3n) is 2.82. The predicted octanol–water partition coefficient (Wildman–Crippen LogP) is 3.43. The Kier molecular flexibility index (Phi) is 7.42. The first-order valence-electron chi connectivity index (χ1n) is 6.91. The van der Waals surface area contributed by atoms with Crippen molar-refractivity contribution in [2.45, 2.75) is 39.5 Å². The van der Waals surface area contributed by atoms with E-state index in [9.17, 15) is 0 Å². The third kappa shape index (κ3) is 5.15. The Morgan fingerprint density at radius 2 is 1.63 bits per heavy atom. The van der Waals surface area contributed by atoms with Crippen molar-refractivity contribution in [3.8, 4) is 11.5 Å². The first-order chi connectivity index (χ1) is 9.22. The minimum Gasteiger partial charge on any atom is -0.493 e. The summed E-state index contributed by atoms with van der Waals surface area (Å²) in [7, 11) is 0. The maximum absolute atomic E-state index is 5.85. The maximum Gasteiger partial charge on any atom is 0.128 e. The van der Waals surface area contributed by atoms with Crippen molar-refractivity contribution in [3.63, 3.8) is 0 Å². The molecule has 0 saturated carbocycles. The fourth-order valence-corrected chi connectivity index (χ4v) is 1.79. The summed E-state index contributed by atoms with van der Waals surface area (Å²) < 4.78 is 11.4. The lowest BCUT2D eigenvalue weighted by atomic mass is 10.2. The predicted molar refractivity (Wildman–Crippen MR) is 82.3 cm³/mol. The van der Waals surface area contributed by atoms with E-state index in [1.807, 2.05) is 12.1 Å². The summed E-state index contributed by atoms with van der Waals surface area (Å²) in [4.78, 5) is 0. The number of benzene rings is 1. The van der Waals surface area contributed by atoms with E-state index in [0.29, 0.717) is 13.2 Å². The van der Waals surface area contributed by atoms with Gasteiger partial charge in [0.2, 0.25) is 0 Å². The highest BCUT2D eigenvalue weighted by atomic mass is 35.5. The summed E-state index contributed by atoms with van der Waals surface area (Å²) in [5.41, 5.74) is 1.52. The zero-order chi connectivity index (χ0) is 14.1. The molecular weight excluding hydrogens is 260 g/mol. The minimum absolute atomic E-state index is 0.698. The molecule has 0 spiro atoms. The van der Waals surface area contributed by atoms with E-state index in [2.05, 4.69) is 20.4 Å². The monoisotopic (exact) mass is 282 g/mol. The highest BCUT2D eigenvalue weighted by molar-refractivity contribution is 6.38. The van der Waals surface area contributed by atoms with Gasteiger partial charge in [-0.2, -0.15) is 0 Å². The number of hydrogen-bond donors (Lipinski definition) is 0. The molecule has 0 fully saturated rings. The second-order valence-electron chi connectivity index (χ2n) is 4.51. The van der Waals surface area contributed by atoms with Gasteiger partial charge in [0.1, 0.15) is 11.5 Å². The van der Waals surface area contributed by atoms with Gasteiger partial charge in [-0.15, -0.1) is 0 Å². The van der Waals surface area contributed by atoms with Crippen molar-refractivity contribution in [2.75, 3.05) is 13.2 Å². The Balaban J connectivity index is 2.85. The molecule has 0 aliphatic rings. The van der Waals surface area contributed by atoms with Gasteiger partial charge < -0.3 is 9.47 Å². The van der Waals surface area contributed by atoms with E-state index >= 15 is 0 Å². The molecule has 3 heteroatoms. The molecular formula is C16H23ClO2. The third-order valence-corrected chi connectivity index (χ3v) is 3.06. The lowest BCUT2D eigenvalue weighted by Crippen LogP contribution is -2.16. The molecule has 0 aromatic heterocycles. The summed E-state index contributed by atoms with van der Waals surface area (Å²) in [6.45, 7) is 9.68. The molecule has 0 heterocycles. The van der Waals surface area contributed by atoms with Crippen molar-refractivity contribution in [1.82, 2.24) is 0 Å². The standard InChI is InChI=1S/C16H23ClO2/c1-4-6-8-18-15-11-14(12-17)16(10-13(15)3)19-9-7-5-2/h10-12H,3-9H2,1-2H3/b14-12-. The first kappa shape index (κ1) is 15.9. The van der Waals surface area contributed by atoms with E-state index < -0.39 is 0 Å². The van der Waals surface area contributed by atoms with Crippen molar-refractivity contribution >= 4 is 23.7 Å². The van der Waals surface area contributed by atoms with Crippen LogP contribution in [0.15, 0.2) is 12.1 Å². The van der Waals surface area contributed by atoms with Crippen LogP contribution in [0.4, 0.5) is 0 Å². The van der Waals surface area contributed by atoms with E-state index in [-0.39, 0.29) is 0 Å². The second kappa shape index (κ2) is 8.87. The van der Waals surface area contributed by atoms with Crippen LogP contribution in [0.1, 0.15) is 39.5 Å². The average Bonchev–Trinajstić information content (AvgIpc) is 2.41. The number of halogens is 1. The number of rotatable bonds is 8.